The van der Waals surface area contributed by atoms with Crippen LogP contribution in [0.2, 0.25) is 0 Å². The van der Waals surface area contributed by atoms with Crippen molar-refractivity contribution < 1.29 is 9.59 Å². The van der Waals surface area contributed by atoms with Gasteiger partial charge in [0, 0.05) is 54.6 Å². The van der Waals surface area contributed by atoms with E-state index in [4.69, 9.17) is 0 Å². The van der Waals surface area contributed by atoms with Crippen LogP contribution in [0.1, 0.15) is 52.5 Å². The van der Waals surface area contributed by atoms with Gasteiger partial charge in [-0.1, -0.05) is 36.4 Å². The van der Waals surface area contributed by atoms with E-state index in [0.29, 0.717) is 37.6 Å². The zero-order valence-corrected chi connectivity index (χ0v) is 20.3. The third-order valence-corrected chi connectivity index (χ3v) is 7.35. The predicted octanol–water partition coefficient (Wildman–Crippen LogP) is 4.36. The lowest BCUT2D eigenvalue weighted by atomic mass is 9.62. The summed E-state index contributed by atoms with van der Waals surface area (Å²) in [6.45, 7) is 5.81. The highest BCUT2D eigenvalue weighted by atomic mass is 16.2. The van der Waals surface area contributed by atoms with Gasteiger partial charge in [-0.15, -0.1) is 0 Å². The average Bonchev–Trinajstić information content (AvgIpc) is 2.84. The Morgan fingerprint density at radius 2 is 1.71 bits per heavy atom. The monoisotopic (exact) mass is 469 g/mol. The van der Waals surface area contributed by atoms with Gasteiger partial charge in [0.25, 0.3) is 5.91 Å². The van der Waals surface area contributed by atoms with Gasteiger partial charge in [0.15, 0.2) is 0 Å². The normalized spacial score (nSPS) is 19.3. The molecule has 2 saturated heterocycles. The van der Waals surface area contributed by atoms with Crippen LogP contribution in [0.4, 0.5) is 11.6 Å². The van der Waals surface area contributed by atoms with E-state index in [1.165, 1.54) is 5.56 Å². The van der Waals surface area contributed by atoms with Crippen LogP contribution in [0.15, 0.2) is 60.7 Å². The van der Waals surface area contributed by atoms with Crippen molar-refractivity contribution in [2.75, 3.05) is 25.0 Å². The van der Waals surface area contributed by atoms with Crippen molar-refractivity contribution in [1.82, 2.24) is 20.2 Å². The summed E-state index contributed by atoms with van der Waals surface area (Å²) in [5.74, 6) is 0.921. The van der Waals surface area contributed by atoms with Gasteiger partial charge in [-0.05, 0) is 61.9 Å². The maximum Gasteiger partial charge on any atom is 0.253 e. The van der Waals surface area contributed by atoms with Gasteiger partial charge in [-0.3, -0.25) is 9.59 Å². The Balaban J connectivity index is 1.30. The lowest BCUT2D eigenvalue weighted by molar-refractivity contribution is -0.127. The first-order valence-electron chi connectivity index (χ1n) is 12.2. The maximum atomic E-state index is 13.4. The fourth-order valence-corrected chi connectivity index (χ4v) is 5.60. The van der Waals surface area contributed by atoms with Crippen LogP contribution in [0.3, 0.4) is 0 Å². The van der Waals surface area contributed by atoms with Crippen molar-refractivity contribution in [1.29, 1.82) is 0 Å². The number of aromatic nitrogens is 2. The second kappa shape index (κ2) is 9.49. The smallest absolute Gasteiger partial charge is 0.253 e. The Morgan fingerprint density at radius 3 is 2.43 bits per heavy atom. The minimum atomic E-state index is -0.107. The molecule has 0 saturated carbocycles. The molecule has 0 aliphatic carbocycles. The zero-order valence-electron chi connectivity index (χ0n) is 20.3. The van der Waals surface area contributed by atoms with Crippen LogP contribution in [-0.4, -0.2) is 46.3 Å². The molecule has 35 heavy (non-hydrogen) atoms. The summed E-state index contributed by atoms with van der Waals surface area (Å²) < 4.78 is 0. The van der Waals surface area contributed by atoms with E-state index in [2.05, 4.69) is 44.9 Å². The van der Waals surface area contributed by atoms with Gasteiger partial charge in [0.2, 0.25) is 11.9 Å². The molecule has 3 heterocycles. The van der Waals surface area contributed by atoms with Crippen molar-refractivity contribution in [2.24, 2.45) is 5.41 Å². The molecule has 2 aromatic carbocycles. The Morgan fingerprint density at radius 1 is 1.00 bits per heavy atom. The lowest BCUT2D eigenvalue weighted by Crippen LogP contribution is -2.52. The van der Waals surface area contributed by atoms with Crippen LogP contribution >= 0.6 is 0 Å². The first-order valence-corrected chi connectivity index (χ1v) is 12.2. The van der Waals surface area contributed by atoms with Crippen molar-refractivity contribution in [3.8, 4) is 0 Å². The van der Waals surface area contributed by atoms with Crippen molar-refractivity contribution in [3.63, 3.8) is 0 Å². The first kappa shape index (κ1) is 23.0. The van der Waals surface area contributed by atoms with Gasteiger partial charge in [0.05, 0.1) is 0 Å². The number of likely N-dealkylation sites (tertiary alicyclic amines) is 1. The third-order valence-electron chi connectivity index (χ3n) is 7.35. The second-order valence-corrected chi connectivity index (χ2v) is 9.78. The molecule has 0 radical (unpaired) electrons. The Bertz CT molecular complexity index is 1210. The van der Waals surface area contributed by atoms with Gasteiger partial charge >= 0.3 is 0 Å². The second-order valence-electron chi connectivity index (χ2n) is 9.78. The molecule has 5 rings (SSSR count). The van der Waals surface area contributed by atoms with E-state index >= 15 is 0 Å². The molecule has 1 unspecified atom stereocenters. The zero-order chi connectivity index (χ0) is 24.4. The van der Waals surface area contributed by atoms with Crippen LogP contribution in [-0.2, 0) is 4.79 Å². The average molecular weight is 470 g/mol. The number of rotatable bonds is 4. The molecule has 7 nitrogen and oxygen atoms in total. The van der Waals surface area contributed by atoms with Gasteiger partial charge in [-0.25, -0.2) is 9.97 Å². The van der Waals surface area contributed by atoms with Crippen molar-refractivity contribution in [2.45, 2.75) is 39.0 Å². The minimum absolute atomic E-state index is 0.0152. The number of hydrogen-bond donors (Lipinski definition) is 2. The largest absolute Gasteiger partial charge is 0.355 e. The van der Waals surface area contributed by atoms with Gasteiger partial charge in [-0.2, -0.15) is 0 Å². The summed E-state index contributed by atoms with van der Waals surface area (Å²) in [4.78, 5) is 36.5. The van der Waals surface area contributed by atoms with Crippen molar-refractivity contribution in [3.05, 3.63) is 83.2 Å². The van der Waals surface area contributed by atoms with E-state index in [1.807, 2.05) is 55.1 Å². The molecule has 180 valence electrons. The molecule has 1 aromatic heterocycles. The molecule has 2 aliphatic rings. The number of carbonyl (C=O) groups excluding carboxylic acids is 2. The molecule has 1 atom stereocenters. The number of benzene rings is 2. The highest BCUT2D eigenvalue weighted by Crippen LogP contribution is 2.48. The van der Waals surface area contributed by atoms with Crippen LogP contribution in [0.25, 0.3) is 0 Å². The number of amides is 2. The van der Waals surface area contributed by atoms with E-state index in [1.54, 1.807) is 0 Å². The van der Waals surface area contributed by atoms with Gasteiger partial charge < -0.3 is 15.5 Å². The number of nitrogens with one attached hydrogen (secondary N) is 2. The quantitative estimate of drug-likeness (QED) is 0.593. The number of carbonyl (C=O) groups is 2. The molecule has 2 fully saturated rings. The molecule has 2 amide bonds. The molecule has 3 aromatic rings. The third kappa shape index (κ3) is 4.90. The minimum Gasteiger partial charge on any atom is -0.355 e. The fourth-order valence-electron chi connectivity index (χ4n) is 5.60. The Hall–Kier alpha value is -3.74. The maximum absolute atomic E-state index is 13.4. The highest BCUT2D eigenvalue weighted by molar-refractivity contribution is 5.95. The summed E-state index contributed by atoms with van der Waals surface area (Å²) in [5.41, 5.74) is 4.35. The summed E-state index contributed by atoms with van der Waals surface area (Å²) in [6.07, 6.45) is 2.16. The molecule has 2 aliphatic heterocycles. The van der Waals surface area contributed by atoms with Gasteiger partial charge in [0.1, 0.15) is 0 Å². The predicted molar refractivity (Wildman–Crippen MR) is 136 cm³/mol. The molecule has 0 bridgehead atoms. The Kier molecular flexibility index (Phi) is 6.24. The lowest BCUT2D eigenvalue weighted by Gasteiger charge is -2.49. The molecule has 7 heteroatoms. The number of anilines is 2. The van der Waals surface area contributed by atoms with E-state index < -0.39 is 0 Å². The van der Waals surface area contributed by atoms with E-state index in [0.717, 1.165) is 29.9 Å². The summed E-state index contributed by atoms with van der Waals surface area (Å²) in [5, 5.41) is 6.28. The Labute approximate surface area is 206 Å². The first-order chi connectivity index (χ1) is 16.9. The van der Waals surface area contributed by atoms with E-state index in [9.17, 15) is 9.59 Å². The highest BCUT2D eigenvalue weighted by Gasteiger charge is 2.46. The summed E-state index contributed by atoms with van der Waals surface area (Å²) in [6, 6.07) is 19.9. The standard InChI is InChI=1S/C28H31N5O2/c1-19-15-20(2)31-27(30-19)32-23-10-6-9-22(16-23)26(35)33-13-11-28(12-14-33)17-25(34)29-18-24(28)21-7-4-3-5-8-21/h3-10,15-16,24H,11-14,17-18H2,1-2H3,(H,29,34)(H,30,31,32). The molecule has 2 N–H and O–H groups in total. The summed E-state index contributed by atoms with van der Waals surface area (Å²) >= 11 is 0. The van der Waals surface area contributed by atoms with E-state index in [-0.39, 0.29) is 23.1 Å². The SMILES string of the molecule is Cc1cc(C)nc(Nc2cccc(C(=O)N3CCC4(CC3)CC(=O)NCC4c3ccccc3)c2)n1. The van der Waals surface area contributed by atoms with Crippen LogP contribution < -0.4 is 10.6 Å². The van der Waals surface area contributed by atoms with Crippen molar-refractivity contribution >= 4 is 23.5 Å². The molecule has 1 spiro atoms. The number of nitrogens with zero attached hydrogens (tertiary/aromatic N) is 3. The summed E-state index contributed by atoms with van der Waals surface area (Å²) in [7, 11) is 0. The topological polar surface area (TPSA) is 87.2 Å². The fraction of sp³-hybridized carbons (Fsp3) is 0.357. The number of hydrogen-bond acceptors (Lipinski definition) is 5. The van der Waals surface area contributed by atoms with Crippen LogP contribution in [0.5, 0.6) is 0 Å². The van der Waals surface area contributed by atoms with Crippen LogP contribution in [0, 0.1) is 19.3 Å². The molecular weight excluding hydrogens is 438 g/mol. The molecular formula is C28H31N5O2. The number of piperidine rings is 2. The number of aryl methyl sites for hydroxylation is 2.